The summed E-state index contributed by atoms with van der Waals surface area (Å²) in [6.45, 7) is 4.17. The van der Waals surface area contributed by atoms with Gasteiger partial charge in [-0.2, -0.15) is 8.42 Å². The molecule has 0 aliphatic rings. The minimum Gasteiger partial charge on any atom is -0.726 e. The summed E-state index contributed by atoms with van der Waals surface area (Å²) in [6.07, 6.45) is 22.7. The average molecular weight is 518 g/mol. The Hall–Kier alpha value is -0.260. The molecule has 0 saturated heterocycles. The predicted octanol–water partition coefficient (Wildman–Crippen LogP) is 5.61. The topological polar surface area (TPSA) is 132 Å². The number of hydrogen-bond acceptors (Lipinski definition) is 5. The monoisotopic (exact) mass is 517 g/mol. The van der Waals surface area contributed by atoms with Crippen LogP contribution in [0.3, 0.4) is 0 Å². The number of rotatable bonds is 21. The summed E-state index contributed by atoms with van der Waals surface area (Å²) in [7, 11) is -4.43. The van der Waals surface area contributed by atoms with Crippen molar-refractivity contribution < 1.29 is 35.0 Å². The Morgan fingerprint density at radius 1 is 0.576 bits per heavy atom. The van der Waals surface area contributed by atoms with Gasteiger partial charge in [0.2, 0.25) is 10.4 Å². The van der Waals surface area contributed by atoms with Crippen LogP contribution < -0.4 is 0 Å². The van der Waals surface area contributed by atoms with Gasteiger partial charge in [-0.25, -0.2) is 8.42 Å². The SMILES string of the molecule is CCCCCCCCCCCCCCCCCC[N+](C)(C)CCCS(=O)(=O)O.O=S(=O)([O-])O. The second kappa shape index (κ2) is 21.1. The summed E-state index contributed by atoms with van der Waals surface area (Å²) in [5.41, 5.74) is 0. The lowest BCUT2D eigenvalue weighted by molar-refractivity contribution is -0.890. The van der Waals surface area contributed by atoms with Crippen molar-refractivity contribution in [2.45, 2.75) is 116 Å². The third kappa shape index (κ3) is 39.3. The molecule has 0 atom stereocenters. The highest BCUT2D eigenvalue weighted by molar-refractivity contribution is 7.85. The van der Waals surface area contributed by atoms with Gasteiger partial charge < -0.3 is 9.04 Å². The summed E-state index contributed by atoms with van der Waals surface area (Å²) < 4.78 is 64.0. The number of unbranched alkanes of at least 4 members (excludes halogenated alkanes) is 15. The normalized spacial score (nSPS) is 12.4. The smallest absolute Gasteiger partial charge is 0.265 e. The van der Waals surface area contributed by atoms with Crippen LogP contribution in [0.4, 0.5) is 0 Å². The third-order valence-corrected chi connectivity index (χ3v) is 6.59. The molecule has 0 rings (SSSR count). The van der Waals surface area contributed by atoms with Crippen molar-refractivity contribution in [1.82, 2.24) is 0 Å². The fourth-order valence-electron chi connectivity index (χ4n) is 3.87. The molecule has 0 aliphatic heterocycles. The third-order valence-electron chi connectivity index (χ3n) is 5.78. The summed E-state index contributed by atoms with van der Waals surface area (Å²) in [5, 5.41) is 0. The highest BCUT2D eigenvalue weighted by atomic mass is 32.3. The van der Waals surface area contributed by atoms with Crippen molar-refractivity contribution in [1.29, 1.82) is 0 Å². The van der Waals surface area contributed by atoms with Crippen LogP contribution in [0.1, 0.15) is 116 Å². The Balaban J connectivity index is 0. The van der Waals surface area contributed by atoms with Gasteiger partial charge in [0.1, 0.15) is 0 Å². The molecule has 2 N–H and O–H groups in total. The summed E-state index contributed by atoms with van der Waals surface area (Å²) in [5.74, 6) is -0.117. The van der Waals surface area contributed by atoms with Crippen LogP contribution in [0.5, 0.6) is 0 Å². The molecule has 0 aromatic rings. The van der Waals surface area contributed by atoms with Gasteiger partial charge in [0.15, 0.2) is 0 Å². The Morgan fingerprint density at radius 2 is 0.848 bits per heavy atom. The van der Waals surface area contributed by atoms with Crippen LogP contribution >= 0.6 is 0 Å². The number of hydrogen-bond donors (Lipinski definition) is 2. The molecule has 0 bridgehead atoms. The van der Waals surface area contributed by atoms with E-state index in [1.807, 2.05) is 0 Å². The Labute approximate surface area is 204 Å². The van der Waals surface area contributed by atoms with E-state index in [2.05, 4.69) is 21.0 Å². The van der Waals surface area contributed by atoms with E-state index in [1.165, 1.54) is 103 Å². The van der Waals surface area contributed by atoms with Gasteiger partial charge in [0.05, 0.1) is 32.9 Å². The zero-order valence-corrected chi connectivity index (χ0v) is 23.0. The first-order valence-corrected chi connectivity index (χ1v) is 15.7. The first kappa shape index (κ1) is 34.9. The van der Waals surface area contributed by atoms with Gasteiger partial charge in [-0.3, -0.25) is 9.11 Å². The molecular weight excluding hydrogens is 466 g/mol. The van der Waals surface area contributed by atoms with Gasteiger partial charge in [0.25, 0.3) is 10.1 Å². The number of quaternary nitrogens is 1. The van der Waals surface area contributed by atoms with Crippen molar-refractivity contribution in [2.75, 3.05) is 32.9 Å². The molecular formula is C23H51NO7S2. The molecule has 0 aromatic carbocycles. The van der Waals surface area contributed by atoms with Gasteiger partial charge in [-0.15, -0.1) is 0 Å². The van der Waals surface area contributed by atoms with Crippen molar-refractivity contribution in [3.05, 3.63) is 0 Å². The minimum absolute atomic E-state index is 0.117. The van der Waals surface area contributed by atoms with Crippen molar-refractivity contribution in [3.63, 3.8) is 0 Å². The van der Waals surface area contributed by atoms with Crippen molar-refractivity contribution in [3.8, 4) is 0 Å². The summed E-state index contributed by atoms with van der Waals surface area (Å²) in [6, 6.07) is 0. The molecule has 33 heavy (non-hydrogen) atoms. The van der Waals surface area contributed by atoms with Crippen molar-refractivity contribution >= 4 is 20.5 Å². The van der Waals surface area contributed by atoms with Gasteiger partial charge in [0, 0.05) is 6.42 Å². The second-order valence-corrected chi connectivity index (χ2v) is 12.2. The van der Waals surface area contributed by atoms with Crippen LogP contribution in [-0.2, 0) is 20.5 Å². The average Bonchev–Trinajstić information content (AvgIpc) is 2.65. The molecule has 0 heterocycles. The van der Waals surface area contributed by atoms with E-state index in [0.717, 1.165) is 17.6 Å². The standard InChI is InChI=1S/C23H49NO3S.H2O4S/c1-4-5-6-7-8-9-10-11-12-13-14-15-16-17-18-19-21-24(2,3)22-20-23-28(25,26)27;1-5(2,3)4/h4-23H2,1-3H3;(H2,1,2,3,4). The quantitative estimate of drug-likeness (QED) is 0.0875. The van der Waals surface area contributed by atoms with E-state index in [1.54, 1.807) is 0 Å². The fourth-order valence-corrected chi connectivity index (χ4v) is 4.37. The van der Waals surface area contributed by atoms with Crippen LogP contribution in [0.2, 0.25) is 0 Å². The Morgan fingerprint density at radius 3 is 1.15 bits per heavy atom. The molecule has 0 amide bonds. The van der Waals surface area contributed by atoms with Crippen LogP contribution in [0.25, 0.3) is 0 Å². The lowest BCUT2D eigenvalue weighted by Gasteiger charge is -2.29. The van der Waals surface area contributed by atoms with E-state index in [4.69, 9.17) is 22.1 Å². The van der Waals surface area contributed by atoms with Crippen molar-refractivity contribution in [2.24, 2.45) is 0 Å². The molecule has 8 nitrogen and oxygen atoms in total. The highest BCUT2D eigenvalue weighted by Crippen LogP contribution is 2.14. The maximum atomic E-state index is 10.8. The lowest BCUT2D eigenvalue weighted by atomic mass is 10.0. The van der Waals surface area contributed by atoms with Gasteiger partial charge in [-0.1, -0.05) is 96.8 Å². The lowest BCUT2D eigenvalue weighted by Crippen LogP contribution is -2.41. The maximum Gasteiger partial charge on any atom is 0.265 e. The van der Waals surface area contributed by atoms with E-state index < -0.39 is 20.5 Å². The summed E-state index contributed by atoms with van der Waals surface area (Å²) >= 11 is 0. The van der Waals surface area contributed by atoms with E-state index in [-0.39, 0.29) is 5.75 Å². The maximum absolute atomic E-state index is 10.8. The first-order valence-electron chi connectivity index (χ1n) is 12.7. The molecule has 0 spiro atoms. The van der Waals surface area contributed by atoms with E-state index in [9.17, 15) is 8.42 Å². The van der Waals surface area contributed by atoms with Crippen LogP contribution in [-0.4, -0.2) is 67.9 Å². The molecule has 0 unspecified atom stereocenters. The Bertz CT molecular complexity index is 627. The molecule has 0 fully saturated rings. The first-order chi connectivity index (χ1) is 15.3. The van der Waals surface area contributed by atoms with Crippen LogP contribution in [0.15, 0.2) is 0 Å². The molecule has 0 radical (unpaired) electrons. The zero-order valence-electron chi connectivity index (χ0n) is 21.3. The second-order valence-electron chi connectivity index (χ2n) is 9.75. The predicted molar refractivity (Wildman–Crippen MR) is 135 cm³/mol. The fraction of sp³-hybridized carbons (Fsp3) is 1.00. The van der Waals surface area contributed by atoms with Gasteiger partial charge in [-0.05, 0) is 12.8 Å². The molecule has 0 aliphatic carbocycles. The molecule has 202 valence electrons. The number of nitrogens with zero attached hydrogens (tertiary/aromatic N) is 1. The summed E-state index contributed by atoms with van der Waals surface area (Å²) in [4.78, 5) is 0. The molecule has 0 aromatic heterocycles. The Kier molecular flexibility index (Phi) is 22.3. The highest BCUT2D eigenvalue weighted by Gasteiger charge is 2.16. The zero-order chi connectivity index (χ0) is 25.6. The molecule has 0 saturated carbocycles. The van der Waals surface area contributed by atoms with E-state index in [0.29, 0.717) is 6.42 Å². The van der Waals surface area contributed by atoms with Gasteiger partial charge >= 0.3 is 0 Å². The largest absolute Gasteiger partial charge is 0.726 e. The minimum atomic E-state index is -4.92. The molecule has 10 heteroatoms. The van der Waals surface area contributed by atoms with Crippen LogP contribution in [0, 0.1) is 0 Å². The van der Waals surface area contributed by atoms with E-state index >= 15 is 0 Å².